The summed E-state index contributed by atoms with van der Waals surface area (Å²) in [7, 11) is 0. The highest BCUT2D eigenvalue weighted by Crippen LogP contribution is 2.26. The van der Waals surface area contributed by atoms with Crippen molar-refractivity contribution in [1.82, 2.24) is 20.3 Å². The van der Waals surface area contributed by atoms with Crippen LogP contribution in [-0.4, -0.2) is 42.7 Å². The normalized spacial score (nSPS) is 10.4. The molecule has 0 bridgehead atoms. The van der Waals surface area contributed by atoms with Gasteiger partial charge in [-0.1, -0.05) is 12.1 Å². The summed E-state index contributed by atoms with van der Waals surface area (Å²) >= 11 is 1.40. The highest BCUT2D eigenvalue weighted by Gasteiger charge is 2.17. The number of nitrogens with zero attached hydrogens (tertiary/aromatic N) is 4. The molecule has 0 aliphatic rings. The predicted octanol–water partition coefficient (Wildman–Crippen LogP) is 1.31. The second kappa shape index (κ2) is 8.24. The first-order valence-electron chi connectivity index (χ1n) is 7.21. The SMILES string of the molecule is CCSc1ccc([N+](=O)[O-])cc1C(=O)NCc1cn(CC(=O)O)nn1. The molecule has 2 N–H and O–H groups in total. The van der Waals surface area contributed by atoms with Crippen LogP contribution in [0.15, 0.2) is 29.3 Å². The summed E-state index contributed by atoms with van der Waals surface area (Å²) < 4.78 is 1.13. The lowest BCUT2D eigenvalue weighted by Gasteiger charge is -2.08. The van der Waals surface area contributed by atoms with Gasteiger partial charge >= 0.3 is 5.97 Å². The van der Waals surface area contributed by atoms with Gasteiger partial charge < -0.3 is 10.4 Å². The zero-order chi connectivity index (χ0) is 18.4. The second-order valence-electron chi connectivity index (χ2n) is 4.85. The lowest BCUT2D eigenvalue weighted by molar-refractivity contribution is -0.384. The number of amides is 1. The Morgan fingerprint density at radius 3 is 2.84 bits per heavy atom. The van der Waals surface area contributed by atoms with E-state index in [-0.39, 0.29) is 24.3 Å². The Kier molecular flexibility index (Phi) is 6.06. The van der Waals surface area contributed by atoms with Crippen LogP contribution in [0.3, 0.4) is 0 Å². The fourth-order valence-corrected chi connectivity index (χ4v) is 2.77. The highest BCUT2D eigenvalue weighted by molar-refractivity contribution is 7.99. The molecule has 1 heterocycles. The van der Waals surface area contributed by atoms with Crippen molar-refractivity contribution in [2.45, 2.75) is 24.9 Å². The number of non-ortho nitro benzene ring substituents is 1. The summed E-state index contributed by atoms with van der Waals surface area (Å²) in [5.41, 5.74) is 0.418. The topological polar surface area (TPSA) is 140 Å². The number of nitro benzene ring substituents is 1. The average Bonchev–Trinajstić information content (AvgIpc) is 2.99. The average molecular weight is 365 g/mol. The number of aromatic nitrogens is 3. The van der Waals surface area contributed by atoms with Crippen LogP contribution in [-0.2, 0) is 17.9 Å². The molecular formula is C14H15N5O5S. The molecule has 0 fully saturated rings. The van der Waals surface area contributed by atoms with Crippen LogP contribution in [0.1, 0.15) is 23.0 Å². The maximum Gasteiger partial charge on any atom is 0.325 e. The number of carbonyl (C=O) groups is 2. The molecule has 0 spiro atoms. The van der Waals surface area contributed by atoms with E-state index in [2.05, 4.69) is 15.6 Å². The van der Waals surface area contributed by atoms with Gasteiger partial charge in [-0.3, -0.25) is 19.7 Å². The van der Waals surface area contributed by atoms with Crippen molar-refractivity contribution < 1.29 is 19.6 Å². The molecule has 132 valence electrons. The van der Waals surface area contributed by atoms with Gasteiger partial charge in [-0.05, 0) is 11.8 Å². The molecule has 0 unspecified atom stereocenters. The van der Waals surface area contributed by atoms with Crippen LogP contribution in [0.5, 0.6) is 0 Å². The molecular weight excluding hydrogens is 350 g/mol. The molecule has 0 aliphatic carbocycles. The van der Waals surface area contributed by atoms with Crippen LogP contribution in [0, 0.1) is 10.1 Å². The van der Waals surface area contributed by atoms with E-state index >= 15 is 0 Å². The van der Waals surface area contributed by atoms with Gasteiger partial charge in [-0.15, -0.1) is 16.9 Å². The molecule has 2 rings (SSSR count). The molecule has 0 saturated carbocycles. The first-order chi connectivity index (χ1) is 11.9. The van der Waals surface area contributed by atoms with E-state index in [1.807, 2.05) is 6.92 Å². The minimum absolute atomic E-state index is 0.0252. The van der Waals surface area contributed by atoms with Crippen LogP contribution in [0.4, 0.5) is 5.69 Å². The van der Waals surface area contributed by atoms with Gasteiger partial charge in [-0.25, -0.2) is 4.68 Å². The van der Waals surface area contributed by atoms with Gasteiger partial charge in [0.15, 0.2) is 0 Å². The number of carboxylic acids is 1. The fourth-order valence-electron chi connectivity index (χ4n) is 1.99. The maximum atomic E-state index is 12.4. The zero-order valence-corrected chi connectivity index (χ0v) is 14.0. The van der Waals surface area contributed by atoms with E-state index in [9.17, 15) is 19.7 Å². The monoisotopic (exact) mass is 365 g/mol. The molecule has 0 radical (unpaired) electrons. The van der Waals surface area contributed by atoms with Crippen molar-refractivity contribution in [2.75, 3.05) is 5.75 Å². The van der Waals surface area contributed by atoms with Crippen molar-refractivity contribution >= 4 is 29.3 Å². The molecule has 10 nitrogen and oxygen atoms in total. The number of nitro groups is 1. The molecule has 1 aromatic heterocycles. The van der Waals surface area contributed by atoms with E-state index in [4.69, 9.17) is 5.11 Å². The van der Waals surface area contributed by atoms with Gasteiger partial charge in [0.05, 0.1) is 23.2 Å². The third-order valence-electron chi connectivity index (χ3n) is 3.03. The largest absolute Gasteiger partial charge is 0.480 e. The number of nitrogens with one attached hydrogen (secondary N) is 1. The molecule has 0 saturated heterocycles. The molecule has 11 heteroatoms. The van der Waals surface area contributed by atoms with Gasteiger partial charge in [0.2, 0.25) is 0 Å². The Bertz CT molecular complexity index is 807. The summed E-state index contributed by atoms with van der Waals surface area (Å²) in [6, 6.07) is 4.13. The smallest absolute Gasteiger partial charge is 0.325 e. The molecule has 0 aliphatic heterocycles. The third-order valence-corrected chi connectivity index (χ3v) is 3.99. The van der Waals surface area contributed by atoms with Gasteiger partial charge in [-0.2, -0.15) is 0 Å². The summed E-state index contributed by atoms with van der Waals surface area (Å²) in [6.07, 6.45) is 1.41. The number of carboxylic acid groups (broad SMARTS) is 1. The van der Waals surface area contributed by atoms with Crippen LogP contribution >= 0.6 is 11.8 Å². The molecule has 0 atom stereocenters. The van der Waals surface area contributed by atoms with E-state index in [1.54, 1.807) is 6.07 Å². The van der Waals surface area contributed by atoms with Crippen molar-refractivity contribution in [3.8, 4) is 0 Å². The van der Waals surface area contributed by atoms with Crippen molar-refractivity contribution in [3.05, 3.63) is 45.8 Å². The van der Waals surface area contributed by atoms with Crippen LogP contribution in [0.2, 0.25) is 0 Å². The predicted molar refractivity (Wildman–Crippen MR) is 88.3 cm³/mol. The lowest BCUT2D eigenvalue weighted by atomic mass is 10.2. The highest BCUT2D eigenvalue weighted by atomic mass is 32.2. The van der Waals surface area contributed by atoms with E-state index in [1.165, 1.54) is 30.1 Å². The van der Waals surface area contributed by atoms with Gasteiger partial charge in [0.25, 0.3) is 11.6 Å². The Labute approximate surface area is 146 Å². The molecule has 1 aromatic carbocycles. The number of hydrogen-bond acceptors (Lipinski definition) is 7. The van der Waals surface area contributed by atoms with Gasteiger partial charge in [0, 0.05) is 17.0 Å². The lowest BCUT2D eigenvalue weighted by Crippen LogP contribution is -2.23. The van der Waals surface area contributed by atoms with Gasteiger partial charge in [0.1, 0.15) is 12.2 Å². The van der Waals surface area contributed by atoms with Crippen molar-refractivity contribution in [2.24, 2.45) is 0 Å². The summed E-state index contributed by atoms with van der Waals surface area (Å²) in [4.78, 5) is 34.0. The summed E-state index contributed by atoms with van der Waals surface area (Å²) in [5.74, 6) is -0.826. The van der Waals surface area contributed by atoms with Crippen LogP contribution in [0.25, 0.3) is 0 Å². The first kappa shape index (κ1) is 18.4. The number of hydrogen-bond donors (Lipinski definition) is 2. The molecule has 2 aromatic rings. The Morgan fingerprint density at radius 2 is 2.20 bits per heavy atom. The number of thioether (sulfide) groups is 1. The molecule has 1 amide bonds. The summed E-state index contributed by atoms with van der Waals surface area (Å²) in [6.45, 7) is 1.61. The van der Waals surface area contributed by atoms with E-state index in [0.717, 1.165) is 4.68 Å². The Balaban J connectivity index is 2.11. The number of carbonyl (C=O) groups excluding carboxylic acids is 1. The number of benzene rings is 1. The zero-order valence-electron chi connectivity index (χ0n) is 13.2. The van der Waals surface area contributed by atoms with Crippen LogP contribution < -0.4 is 5.32 Å². The van der Waals surface area contributed by atoms with Crippen molar-refractivity contribution in [3.63, 3.8) is 0 Å². The number of rotatable bonds is 8. The van der Waals surface area contributed by atoms with E-state index in [0.29, 0.717) is 16.3 Å². The third kappa shape index (κ3) is 5.01. The standard InChI is InChI=1S/C14H15N5O5S/c1-2-25-12-4-3-10(19(23)24)5-11(12)14(22)15-6-9-7-18(17-16-9)8-13(20)21/h3-5,7H,2,6,8H2,1H3,(H,15,22)(H,20,21). The minimum atomic E-state index is -1.06. The maximum absolute atomic E-state index is 12.4. The minimum Gasteiger partial charge on any atom is -0.480 e. The van der Waals surface area contributed by atoms with E-state index < -0.39 is 16.8 Å². The quantitative estimate of drug-likeness (QED) is 0.405. The Morgan fingerprint density at radius 1 is 1.44 bits per heavy atom. The fraction of sp³-hybridized carbons (Fsp3) is 0.286. The summed E-state index contributed by atoms with van der Waals surface area (Å²) in [5, 5.41) is 29.6. The second-order valence-corrected chi connectivity index (χ2v) is 6.16. The first-order valence-corrected chi connectivity index (χ1v) is 8.19. The van der Waals surface area contributed by atoms with Crippen molar-refractivity contribution in [1.29, 1.82) is 0 Å². The Hall–Kier alpha value is -2.95. The number of aliphatic carboxylic acids is 1. The molecule has 25 heavy (non-hydrogen) atoms.